The maximum absolute atomic E-state index is 12.8. The summed E-state index contributed by atoms with van der Waals surface area (Å²) in [5.41, 5.74) is 0.226. The van der Waals surface area contributed by atoms with E-state index in [4.69, 9.17) is 14.2 Å². The summed E-state index contributed by atoms with van der Waals surface area (Å²) in [4.78, 5) is 26.2. The van der Waals surface area contributed by atoms with Crippen LogP contribution in [0.2, 0.25) is 0 Å². The second-order valence-electron chi connectivity index (χ2n) is 6.71. The minimum absolute atomic E-state index is 0.226. The van der Waals surface area contributed by atoms with E-state index < -0.39 is 10.0 Å². The number of sulfonamides is 1. The molecule has 162 valence electrons. The summed E-state index contributed by atoms with van der Waals surface area (Å²) in [7, 11) is -0.873. The summed E-state index contributed by atoms with van der Waals surface area (Å²) in [5.74, 6) is -0.0771. The molecule has 0 saturated carbocycles. The third-order valence-corrected chi connectivity index (χ3v) is 5.93. The Hall–Kier alpha value is -2.49. The lowest BCUT2D eigenvalue weighted by molar-refractivity contribution is -0.151. The van der Waals surface area contributed by atoms with Crippen molar-refractivity contribution in [2.24, 2.45) is 5.92 Å². The van der Waals surface area contributed by atoms with Crippen LogP contribution in [0, 0.1) is 5.92 Å². The molecule has 1 amide bonds. The Bertz CT molecular complexity index is 833. The highest BCUT2D eigenvalue weighted by molar-refractivity contribution is 7.92. The molecule has 0 aromatic heterocycles. The molecule has 0 spiro atoms. The van der Waals surface area contributed by atoms with Crippen LogP contribution < -0.4 is 13.8 Å². The molecule has 10 heteroatoms. The number of anilines is 1. The first-order chi connectivity index (χ1) is 13.7. The van der Waals surface area contributed by atoms with E-state index >= 15 is 0 Å². The number of methoxy groups -OCH3 is 2. The van der Waals surface area contributed by atoms with Gasteiger partial charge in [-0.3, -0.25) is 13.9 Å². The molecule has 0 unspecified atom stereocenters. The van der Waals surface area contributed by atoms with Crippen LogP contribution in [0.15, 0.2) is 18.2 Å². The average Bonchev–Trinajstić information content (AvgIpc) is 2.70. The Balaban J connectivity index is 2.16. The van der Waals surface area contributed by atoms with Crippen LogP contribution in [0.25, 0.3) is 0 Å². The lowest BCUT2D eigenvalue weighted by Crippen LogP contribution is -2.46. The smallest absolute Gasteiger partial charge is 0.309 e. The Kier molecular flexibility index (Phi) is 7.72. The number of amides is 1. The number of carbonyl (C=O) groups is 2. The molecule has 2 rings (SSSR count). The normalized spacial score (nSPS) is 15.0. The number of carbonyl (C=O) groups excluding carboxylic acids is 2. The molecule has 1 aromatic rings. The molecule has 0 radical (unpaired) electrons. The van der Waals surface area contributed by atoms with E-state index in [1.165, 1.54) is 20.3 Å². The molecular weight excluding hydrogens is 400 g/mol. The highest BCUT2D eigenvalue weighted by atomic mass is 32.2. The Labute approximate surface area is 171 Å². The van der Waals surface area contributed by atoms with Gasteiger partial charge in [0.15, 0.2) is 0 Å². The number of likely N-dealkylation sites (tertiary alicyclic amines) is 1. The molecule has 0 atom stereocenters. The number of piperidine rings is 1. The Morgan fingerprint density at radius 3 is 2.34 bits per heavy atom. The molecule has 1 saturated heterocycles. The molecule has 1 fully saturated rings. The van der Waals surface area contributed by atoms with E-state index in [1.807, 2.05) is 0 Å². The van der Waals surface area contributed by atoms with Crippen molar-refractivity contribution in [3.8, 4) is 11.5 Å². The number of hydrogen-bond donors (Lipinski definition) is 0. The van der Waals surface area contributed by atoms with Crippen LogP contribution in [0.1, 0.15) is 19.8 Å². The zero-order valence-corrected chi connectivity index (χ0v) is 18.0. The lowest BCUT2D eigenvalue weighted by atomic mass is 9.97. The minimum Gasteiger partial charge on any atom is -0.497 e. The number of benzene rings is 1. The zero-order chi connectivity index (χ0) is 21.6. The third-order valence-electron chi connectivity index (χ3n) is 4.80. The van der Waals surface area contributed by atoms with E-state index in [1.54, 1.807) is 24.0 Å². The largest absolute Gasteiger partial charge is 0.497 e. The highest BCUT2D eigenvalue weighted by Crippen LogP contribution is 2.34. The van der Waals surface area contributed by atoms with Gasteiger partial charge in [-0.25, -0.2) is 8.42 Å². The van der Waals surface area contributed by atoms with Crippen LogP contribution in [-0.2, 0) is 24.3 Å². The van der Waals surface area contributed by atoms with Gasteiger partial charge in [0.1, 0.15) is 18.0 Å². The first kappa shape index (κ1) is 22.8. The number of rotatable bonds is 8. The fraction of sp³-hybridized carbons (Fsp3) is 0.579. The van der Waals surface area contributed by atoms with Crippen molar-refractivity contribution < 1.29 is 32.2 Å². The quantitative estimate of drug-likeness (QED) is 0.575. The van der Waals surface area contributed by atoms with E-state index in [0.29, 0.717) is 44.0 Å². The van der Waals surface area contributed by atoms with Crippen LogP contribution in [0.4, 0.5) is 5.69 Å². The number of ether oxygens (including phenoxy) is 3. The second-order valence-corrected chi connectivity index (χ2v) is 8.62. The van der Waals surface area contributed by atoms with Gasteiger partial charge in [-0.2, -0.15) is 0 Å². The van der Waals surface area contributed by atoms with Gasteiger partial charge in [-0.05, 0) is 31.9 Å². The topological polar surface area (TPSA) is 102 Å². The lowest BCUT2D eigenvalue weighted by Gasteiger charge is -2.33. The van der Waals surface area contributed by atoms with E-state index in [0.717, 1.165) is 10.6 Å². The standard InChI is InChI=1S/C19H28N2O7S/c1-5-28-19(23)14-8-10-20(11-9-14)18(22)13-21(29(4,24)25)16-12-15(26-2)6-7-17(16)27-3/h6-7,12,14H,5,8-11,13H2,1-4H3. The van der Waals surface area contributed by atoms with Crippen LogP contribution in [0.3, 0.4) is 0 Å². The van der Waals surface area contributed by atoms with Crippen LogP contribution in [0.5, 0.6) is 11.5 Å². The molecule has 0 bridgehead atoms. The van der Waals surface area contributed by atoms with Gasteiger partial charge in [0.05, 0.1) is 38.7 Å². The summed E-state index contributed by atoms with van der Waals surface area (Å²) in [5, 5.41) is 0. The first-order valence-corrected chi connectivity index (χ1v) is 11.2. The molecule has 1 aromatic carbocycles. The third kappa shape index (κ3) is 5.75. The summed E-state index contributed by atoms with van der Waals surface area (Å²) in [6, 6.07) is 4.74. The van der Waals surface area contributed by atoms with E-state index in [2.05, 4.69) is 0 Å². The fourth-order valence-corrected chi connectivity index (χ4v) is 4.07. The van der Waals surface area contributed by atoms with Gasteiger partial charge in [0, 0.05) is 19.2 Å². The molecule has 29 heavy (non-hydrogen) atoms. The van der Waals surface area contributed by atoms with Gasteiger partial charge in [-0.15, -0.1) is 0 Å². The van der Waals surface area contributed by atoms with Crippen molar-refractivity contribution in [1.82, 2.24) is 4.90 Å². The van der Waals surface area contributed by atoms with Crippen molar-refractivity contribution in [3.05, 3.63) is 18.2 Å². The summed E-state index contributed by atoms with van der Waals surface area (Å²) < 4.78 is 41.4. The van der Waals surface area contributed by atoms with Gasteiger partial charge >= 0.3 is 5.97 Å². The average molecular weight is 429 g/mol. The summed E-state index contributed by atoms with van der Waals surface area (Å²) in [6.07, 6.45) is 2.02. The van der Waals surface area contributed by atoms with E-state index in [-0.39, 0.29) is 30.0 Å². The van der Waals surface area contributed by atoms with Crippen molar-refractivity contribution in [2.45, 2.75) is 19.8 Å². The number of nitrogens with zero attached hydrogens (tertiary/aromatic N) is 2. The van der Waals surface area contributed by atoms with Gasteiger partial charge in [0.2, 0.25) is 15.9 Å². The highest BCUT2D eigenvalue weighted by Gasteiger charge is 2.31. The molecule has 1 aliphatic rings. The van der Waals surface area contributed by atoms with Gasteiger partial charge < -0.3 is 19.1 Å². The Morgan fingerprint density at radius 1 is 1.17 bits per heavy atom. The van der Waals surface area contributed by atoms with Gasteiger partial charge in [0.25, 0.3) is 0 Å². The number of hydrogen-bond acceptors (Lipinski definition) is 7. The number of esters is 1. The molecule has 0 aliphatic carbocycles. The SMILES string of the molecule is CCOC(=O)C1CCN(C(=O)CN(c2cc(OC)ccc2OC)S(C)(=O)=O)CC1. The Morgan fingerprint density at radius 2 is 1.83 bits per heavy atom. The van der Waals surface area contributed by atoms with Crippen LogP contribution >= 0.6 is 0 Å². The van der Waals surface area contributed by atoms with Crippen LogP contribution in [-0.4, -0.2) is 71.9 Å². The second kappa shape index (κ2) is 9.82. The fourth-order valence-electron chi connectivity index (χ4n) is 3.22. The monoisotopic (exact) mass is 428 g/mol. The maximum Gasteiger partial charge on any atom is 0.309 e. The molecule has 0 N–H and O–H groups in total. The van der Waals surface area contributed by atoms with Gasteiger partial charge in [-0.1, -0.05) is 0 Å². The summed E-state index contributed by atoms with van der Waals surface area (Å²) in [6.45, 7) is 2.45. The van der Waals surface area contributed by atoms with Crippen molar-refractivity contribution in [1.29, 1.82) is 0 Å². The van der Waals surface area contributed by atoms with Crippen molar-refractivity contribution in [2.75, 3.05) is 51.0 Å². The molecular formula is C19H28N2O7S. The van der Waals surface area contributed by atoms with Crippen molar-refractivity contribution >= 4 is 27.6 Å². The maximum atomic E-state index is 12.8. The zero-order valence-electron chi connectivity index (χ0n) is 17.2. The van der Waals surface area contributed by atoms with E-state index in [9.17, 15) is 18.0 Å². The summed E-state index contributed by atoms with van der Waals surface area (Å²) >= 11 is 0. The molecule has 9 nitrogen and oxygen atoms in total. The molecule has 1 aliphatic heterocycles. The minimum atomic E-state index is -3.76. The predicted molar refractivity (Wildman–Crippen MR) is 108 cm³/mol. The predicted octanol–water partition coefficient (Wildman–Crippen LogP) is 1.27. The first-order valence-electron chi connectivity index (χ1n) is 9.35. The molecule has 1 heterocycles. The van der Waals surface area contributed by atoms with Crippen molar-refractivity contribution in [3.63, 3.8) is 0 Å².